The summed E-state index contributed by atoms with van der Waals surface area (Å²) in [6, 6.07) is 14.2. The normalized spacial score (nSPS) is 10.6. The average Bonchev–Trinajstić information content (AvgIpc) is 2.39. The van der Waals surface area contributed by atoms with E-state index < -0.39 is 0 Å². The molecule has 96 valence electrons. The number of hydrazone groups is 1. The first-order valence-corrected chi connectivity index (χ1v) is 6.67. The second kappa shape index (κ2) is 6.50. The van der Waals surface area contributed by atoms with Crippen LogP contribution in [0, 0.1) is 0 Å². The lowest BCUT2D eigenvalue weighted by atomic mass is 10.2. The van der Waals surface area contributed by atoms with E-state index in [9.17, 15) is 4.79 Å². The Hall–Kier alpha value is -1.65. The molecule has 0 unspecified atom stereocenters. The first kappa shape index (κ1) is 13.8. The van der Waals surface area contributed by atoms with Gasteiger partial charge in [-0.05, 0) is 42.0 Å². The van der Waals surface area contributed by atoms with Gasteiger partial charge in [0.15, 0.2) is 0 Å². The first-order valence-electron chi connectivity index (χ1n) is 5.50. The molecular formula is C14H10BrClN2O. The van der Waals surface area contributed by atoms with Crippen molar-refractivity contribution < 1.29 is 4.79 Å². The molecule has 0 bridgehead atoms. The second-order valence-corrected chi connectivity index (χ2v) is 5.11. The molecule has 1 N–H and O–H groups in total. The van der Waals surface area contributed by atoms with Gasteiger partial charge in [0, 0.05) is 15.1 Å². The summed E-state index contributed by atoms with van der Waals surface area (Å²) in [6.45, 7) is 0. The van der Waals surface area contributed by atoms with Crippen molar-refractivity contribution in [2.45, 2.75) is 0 Å². The topological polar surface area (TPSA) is 41.5 Å². The number of hydrogen-bond donors (Lipinski definition) is 1. The van der Waals surface area contributed by atoms with E-state index in [2.05, 4.69) is 26.5 Å². The maximum absolute atomic E-state index is 11.7. The predicted molar refractivity (Wildman–Crippen MR) is 80.7 cm³/mol. The molecule has 0 heterocycles. The predicted octanol–water partition coefficient (Wildman–Crippen LogP) is 3.87. The van der Waals surface area contributed by atoms with Crippen molar-refractivity contribution in [3.8, 4) is 0 Å². The number of halogens is 2. The monoisotopic (exact) mass is 336 g/mol. The lowest BCUT2D eigenvalue weighted by Gasteiger charge is -1.99. The fourth-order valence-corrected chi connectivity index (χ4v) is 1.88. The van der Waals surface area contributed by atoms with Gasteiger partial charge in [-0.2, -0.15) is 5.10 Å². The van der Waals surface area contributed by atoms with Crippen LogP contribution in [-0.4, -0.2) is 12.1 Å². The van der Waals surface area contributed by atoms with Crippen LogP contribution in [0.5, 0.6) is 0 Å². The van der Waals surface area contributed by atoms with Gasteiger partial charge in [0.25, 0.3) is 5.91 Å². The number of carbonyl (C=O) groups excluding carboxylic acids is 1. The van der Waals surface area contributed by atoms with E-state index in [1.54, 1.807) is 42.6 Å². The molecule has 0 fully saturated rings. The van der Waals surface area contributed by atoms with Crippen molar-refractivity contribution in [3.63, 3.8) is 0 Å². The van der Waals surface area contributed by atoms with Gasteiger partial charge in [-0.15, -0.1) is 0 Å². The summed E-state index contributed by atoms with van der Waals surface area (Å²) in [7, 11) is 0. The number of hydrogen-bond acceptors (Lipinski definition) is 2. The molecule has 0 aliphatic heterocycles. The number of nitrogens with one attached hydrogen (secondary N) is 1. The second-order valence-electron chi connectivity index (χ2n) is 3.76. The zero-order valence-electron chi connectivity index (χ0n) is 9.81. The van der Waals surface area contributed by atoms with E-state index in [0.717, 1.165) is 10.0 Å². The molecule has 0 aliphatic rings. The van der Waals surface area contributed by atoms with Crippen molar-refractivity contribution in [2.24, 2.45) is 5.10 Å². The van der Waals surface area contributed by atoms with Crippen LogP contribution in [0.4, 0.5) is 0 Å². The average molecular weight is 338 g/mol. The molecule has 5 heteroatoms. The summed E-state index contributed by atoms with van der Waals surface area (Å²) in [4.78, 5) is 11.7. The zero-order valence-corrected chi connectivity index (χ0v) is 12.1. The molecule has 0 spiro atoms. The van der Waals surface area contributed by atoms with Crippen molar-refractivity contribution in [1.29, 1.82) is 0 Å². The van der Waals surface area contributed by atoms with Gasteiger partial charge in [-0.1, -0.05) is 39.7 Å². The van der Waals surface area contributed by atoms with E-state index in [4.69, 9.17) is 11.6 Å². The maximum atomic E-state index is 11.7. The minimum Gasteiger partial charge on any atom is -0.267 e. The fourth-order valence-electron chi connectivity index (χ4n) is 1.42. The van der Waals surface area contributed by atoms with Crippen molar-refractivity contribution >= 4 is 39.7 Å². The zero-order chi connectivity index (χ0) is 13.7. The van der Waals surface area contributed by atoms with E-state index in [1.165, 1.54) is 0 Å². The highest BCUT2D eigenvalue weighted by molar-refractivity contribution is 9.10. The van der Waals surface area contributed by atoms with E-state index >= 15 is 0 Å². The quantitative estimate of drug-likeness (QED) is 0.670. The van der Waals surface area contributed by atoms with Crippen LogP contribution in [0.15, 0.2) is 58.1 Å². The Balaban J connectivity index is 1.98. The summed E-state index contributed by atoms with van der Waals surface area (Å²) < 4.78 is 0.923. The van der Waals surface area contributed by atoms with Crippen LogP contribution in [-0.2, 0) is 0 Å². The Morgan fingerprint density at radius 3 is 2.63 bits per heavy atom. The summed E-state index contributed by atoms with van der Waals surface area (Å²) in [5.74, 6) is -0.259. The first-order chi connectivity index (χ1) is 9.15. The number of rotatable bonds is 3. The fraction of sp³-hybridized carbons (Fsp3) is 0. The van der Waals surface area contributed by atoms with E-state index in [-0.39, 0.29) is 5.91 Å². The van der Waals surface area contributed by atoms with Gasteiger partial charge in [0.1, 0.15) is 0 Å². The summed E-state index contributed by atoms with van der Waals surface area (Å²) >= 11 is 9.15. The number of nitrogens with zero attached hydrogens (tertiary/aromatic N) is 1. The molecule has 1 amide bonds. The molecule has 19 heavy (non-hydrogen) atoms. The lowest BCUT2D eigenvalue weighted by molar-refractivity contribution is 0.0955. The largest absolute Gasteiger partial charge is 0.271 e. The Morgan fingerprint density at radius 2 is 1.95 bits per heavy atom. The molecule has 0 atom stereocenters. The highest BCUT2D eigenvalue weighted by Crippen LogP contribution is 2.10. The molecule has 0 saturated carbocycles. The van der Waals surface area contributed by atoms with Gasteiger partial charge < -0.3 is 0 Å². The van der Waals surface area contributed by atoms with Gasteiger partial charge >= 0.3 is 0 Å². The third kappa shape index (κ3) is 4.19. The van der Waals surface area contributed by atoms with Crippen molar-refractivity contribution in [3.05, 3.63) is 69.2 Å². The molecular weight excluding hydrogens is 328 g/mol. The van der Waals surface area contributed by atoms with Gasteiger partial charge in [-0.25, -0.2) is 5.43 Å². The summed E-state index contributed by atoms with van der Waals surface area (Å²) in [6.07, 6.45) is 1.54. The minimum absolute atomic E-state index is 0.259. The molecule has 2 aromatic carbocycles. The molecule has 0 aliphatic carbocycles. The molecule has 0 saturated heterocycles. The third-order valence-electron chi connectivity index (χ3n) is 2.33. The third-order valence-corrected chi connectivity index (χ3v) is 3.10. The Morgan fingerprint density at radius 1 is 1.21 bits per heavy atom. The van der Waals surface area contributed by atoms with Crippen LogP contribution >= 0.6 is 27.5 Å². The number of amides is 1. The Kier molecular flexibility index (Phi) is 4.71. The summed E-state index contributed by atoms with van der Waals surface area (Å²) in [5.41, 5.74) is 3.83. The lowest BCUT2D eigenvalue weighted by Crippen LogP contribution is -2.17. The smallest absolute Gasteiger partial charge is 0.267 e. The van der Waals surface area contributed by atoms with Gasteiger partial charge in [0.2, 0.25) is 0 Å². The highest BCUT2D eigenvalue weighted by atomic mass is 79.9. The SMILES string of the molecule is O=C(N/N=C\c1cccc(Cl)c1)c1ccc(Br)cc1. The van der Waals surface area contributed by atoms with E-state index in [0.29, 0.717) is 10.6 Å². The number of benzene rings is 2. The van der Waals surface area contributed by atoms with Crippen LogP contribution in [0.3, 0.4) is 0 Å². The van der Waals surface area contributed by atoms with Crippen LogP contribution in [0.1, 0.15) is 15.9 Å². The van der Waals surface area contributed by atoms with Crippen LogP contribution in [0.2, 0.25) is 5.02 Å². The molecule has 3 nitrogen and oxygen atoms in total. The van der Waals surface area contributed by atoms with Gasteiger partial charge in [-0.3, -0.25) is 4.79 Å². The molecule has 0 radical (unpaired) electrons. The van der Waals surface area contributed by atoms with Gasteiger partial charge in [0.05, 0.1) is 6.21 Å². The highest BCUT2D eigenvalue weighted by Gasteiger charge is 2.02. The Labute approximate surface area is 124 Å². The van der Waals surface area contributed by atoms with E-state index in [1.807, 2.05) is 12.1 Å². The van der Waals surface area contributed by atoms with Crippen LogP contribution in [0.25, 0.3) is 0 Å². The minimum atomic E-state index is -0.259. The standard InChI is InChI=1S/C14H10BrClN2O/c15-12-6-4-11(5-7-12)14(19)18-17-9-10-2-1-3-13(16)8-10/h1-9H,(H,18,19)/b17-9-. The molecule has 2 aromatic rings. The van der Waals surface area contributed by atoms with Crippen LogP contribution < -0.4 is 5.43 Å². The van der Waals surface area contributed by atoms with Crippen molar-refractivity contribution in [2.75, 3.05) is 0 Å². The molecule has 2 rings (SSSR count). The number of carbonyl (C=O) groups is 1. The molecule has 0 aromatic heterocycles. The summed E-state index contributed by atoms with van der Waals surface area (Å²) in [5, 5.41) is 4.51. The Bertz CT molecular complexity index is 611. The maximum Gasteiger partial charge on any atom is 0.271 e. The van der Waals surface area contributed by atoms with Crippen molar-refractivity contribution in [1.82, 2.24) is 5.43 Å².